The molecule has 1 atom stereocenters. The molecule has 2 aromatic rings. The number of allylic oxidation sites excluding steroid dienone is 1. The first-order valence-electron chi connectivity index (χ1n) is 8.26. The number of phenols is 2. The van der Waals surface area contributed by atoms with Crippen molar-refractivity contribution in [3.8, 4) is 11.5 Å². The molecule has 1 unspecified atom stereocenters. The number of fused-ring (bicyclic) bond motifs is 1. The fraction of sp³-hybridized carbons (Fsp3) is 0.190. The Bertz CT molecular complexity index is 995. The summed E-state index contributed by atoms with van der Waals surface area (Å²) in [4.78, 5) is 37.0. The summed E-state index contributed by atoms with van der Waals surface area (Å²) >= 11 is 0. The van der Waals surface area contributed by atoms with Crippen LogP contribution in [-0.2, 0) is 14.3 Å². The van der Waals surface area contributed by atoms with Crippen LogP contribution >= 0.6 is 0 Å². The zero-order valence-corrected chi connectivity index (χ0v) is 15.1. The third kappa shape index (κ3) is 3.10. The fourth-order valence-electron chi connectivity index (χ4n) is 3.39. The van der Waals surface area contributed by atoms with Crippen molar-refractivity contribution in [1.82, 2.24) is 0 Å². The maximum atomic E-state index is 13.1. The largest absolute Gasteiger partial charge is 0.508 e. The van der Waals surface area contributed by atoms with Crippen molar-refractivity contribution in [2.24, 2.45) is 0 Å². The lowest BCUT2D eigenvalue weighted by Crippen LogP contribution is -2.15. The van der Waals surface area contributed by atoms with Crippen molar-refractivity contribution in [1.29, 1.82) is 0 Å². The summed E-state index contributed by atoms with van der Waals surface area (Å²) in [6.45, 7) is 2.75. The number of ketones is 3. The van der Waals surface area contributed by atoms with Gasteiger partial charge in [-0.1, -0.05) is 12.1 Å². The fourth-order valence-corrected chi connectivity index (χ4v) is 3.39. The average molecular weight is 366 g/mol. The van der Waals surface area contributed by atoms with Crippen LogP contribution in [0.2, 0.25) is 0 Å². The molecule has 0 saturated carbocycles. The Morgan fingerprint density at radius 1 is 0.963 bits per heavy atom. The topological polar surface area (TPSA) is 101 Å². The molecule has 27 heavy (non-hydrogen) atoms. The number of benzene rings is 2. The lowest BCUT2D eigenvalue weighted by atomic mass is 9.95. The maximum absolute atomic E-state index is 13.1. The zero-order chi connectivity index (χ0) is 19.9. The van der Waals surface area contributed by atoms with Crippen LogP contribution < -0.4 is 0 Å². The van der Waals surface area contributed by atoms with Gasteiger partial charge >= 0.3 is 0 Å². The van der Waals surface area contributed by atoms with E-state index in [0.29, 0.717) is 16.7 Å². The van der Waals surface area contributed by atoms with E-state index in [9.17, 15) is 24.6 Å². The van der Waals surface area contributed by atoms with Crippen LogP contribution in [0.4, 0.5) is 0 Å². The molecule has 0 bridgehead atoms. The molecule has 6 heteroatoms. The molecule has 0 aliphatic heterocycles. The van der Waals surface area contributed by atoms with Gasteiger partial charge in [0.25, 0.3) is 0 Å². The first-order chi connectivity index (χ1) is 12.7. The van der Waals surface area contributed by atoms with Crippen LogP contribution in [0.3, 0.4) is 0 Å². The van der Waals surface area contributed by atoms with Gasteiger partial charge in [0.15, 0.2) is 11.6 Å². The van der Waals surface area contributed by atoms with E-state index in [1.807, 2.05) is 0 Å². The van der Waals surface area contributed by atoms with Crippen LogP contribution in [0.25, 0.3) is 11.3 Å². The van der Waals surface area contributed by atoms with Crippen LogP contribution in [-0.4, -0.2) is 34.7 Å². The van der Waals surface area contributed by atoms with E-state index in [0.717, 1.165) is 6.07 Å². The van der Waals surface area contributed by atoms with Gasteiger partial charge in [0, 0.05) is 17.2 Å². The minimum absolute atomic E-state index is 0.108. The van der Waals surface area contributed by atoms with E-state index in [4.69, 9.17) is 4.74 Å². The molecule has 0 saturated heterocycles. The molecule has 138 valence electrons. The Morgan fingerprint density at radius 2 is 1.59 bits per heavy atom. The van der Waals surface area contributed by atoms with Crippen LogP contribution in [0.15, 0.2) is 36.4 Å². The van der Waals surface area contributed by atoms with Crippen LogP contribution in [0.1, 0.15) is 46.8 Å². The second-order valence-corrected chi connectivity index (χ2v) is 6.41. The highest BCUT2D eigenvalue weighted by molar-refractivity contribution is 6.38. The Hall–Kier alpha value is -3.41. The number of hydrogen-bond acceptors (Lipinski definition) is 6. The third-order valence-corrected chi connectivity index (χ3v) is 4.55. The van der Waals surface area contributed by atoms with E-state index in [2.05, 4.69) is 0 Å². The highest BCUT2D eigenvalue weighted by atomic mass is 16.5. The van der Waals surface area contributed by atoms with Gasteiger partial charge in [-0.15, -0.1) is 0 Å². The third-order valence-electron chi connectivity index (χ3n) is 4.55. The second kappa shape index (κ2) is 6.72. The summed E-state index contributed by atoms with van der Waals surface area (Å²) in [5.74, 6) is -2.22. The maximum Gasteiger partial charge on any atom is 0.182 e. The zero-order valence-electron chi connectivity index (χ0n) is 15.1. The molecular weight excluding hydrogens is 348 g/mol. The van der Waals surface area contributed by atoms with E-state index in [1.165, 1.54) is 33.1 Å². The van der Waals surface area contributed by atoms with E-state index < -0.39 is 11.7 Å². The summed E-state index contributed by atoms with van der Waals surface area (Å²) in [5.41, 5.74) is 1.76. The van der Waals surface area contributed by atoms with Crippen molar-refractivity contribution >= 4 is 28.7 Å². The molecule has 0 amide bonds. The smallest absolute Gasteiger partial charge is 0.182 e. The van der Waals surface area contributed by atoms with Gasteiger partial charge in [-0.05, 0) is 43.2 Å². The molecule has 0 aromatic heterocycles. The average Bonchev–Trinajstić information content (AvgIpc) is 2.86. The van der Waals surface area contributed by atoms with Gasteiger partial charge in [0.1, 0.15) is 29.0 Å². The SMILES string of the molecule is CO/C(=C1\C(=O)C(C(C)=O)c2ccc(C(C)=O)cc21)c1cc(O)cc(O)c1. The molecule has 1 aliphatic rings. The first-order valence-corrected chi connectivity index (χ1v) is 8.26. The van der Waals surface area contributed by atoms with E-state index >= 15 is 0 Å². The summed E-state index contributed by atoms with van der Waals surface area (Å²) in [6.07, 6.45) is 0. The standard InChI is InChI=1S/C21H18O6/c1-10(22)12-4-5-16-17(8-12)19(20(26)18(16)11(2)23)21(27-3)13-6-14(24)9-15(25)7-13/h4-9,18,24-25H,1-3H3/b21-19-. The number of Topliss-reactive ketones (excluding diaryl/α,β-unsaturated/α-hetero) is 3. The number of methoxy groups -OCH3 is 1. The first kappa shape index (κ1) is 18.4. The summed E-state index contributed by atoms with van der Waals surface area (Å²) in [7, 11) is 1.35. The lowest BCUT2D eigenvalue weighted by Gasteiger charge is -2.12. The predicted octanol–water partition coefficient (Wildman–Crippen LogP) is 3.07. The molecule has 0 radical (unpaired) electrons. The van der Waals surface area contributed by atoms with Crippen molar-refractivity contribution in [3.63, 3.8) is 0 Å². The second-order valence-electron chi connectivity index (χ2n) is 6.41. The Labute approximate surface area is 155 Å². The number of carbonyl (C=O) groups is 3. The quantitative estimate of drug-likeness (QED) is 0.373. The lowest BCUT2D eigenvalue weighted by molar-refractivity contribution is -0.124. The van der Waals surface area contributed by atoms with E-state index in [-0.39, 0.29) is 40.0 Å². The summed E-state index contributed by atoms with van der Waals surface area (Å²) < 4.78 is 5.43. The monoisotopic (exact) mass is 366 g/mol. The molecule has 2 aromatic carbocycles. The molecular formula is C21H18O6. The van der Waals surface area contributed by atoms with Gasteiger partial charge in [0.05, 0.1) is 12.7 Å². The van der Waals surface area contributed by atoms with Crippen LogP contribution in [0.5, 0.6) is 11.5 Å². The Kier molecular flexibility index (Phi) is 4.57. The van der Waals surface area contributed by atoms with Gasteiger partial charge in [0.2, 0.25) is 0 Å². The van der Waals surface area contributed by atoms with Crippen molar-refractivity contribution in [2.45, 2.75) is 19.8 Å². The molecule has 2 N–H and O–H groups in total. The van der Waals surface area contributed by atoms with Gasteiger partial charge < -0.3 is 14.9 Å². The molecule has 0 heterocycles. The predicted molar refractivity (Wildman–Crippen MR) is 98.5 cm³/mol. The Balaban J connectivity index is 2.35. The molecule has 1 aliphatic carbocycles. The van der Waals surface area contributed by atoms with Gasteiger partial charge in [-0.25, -0.2) is 0 Å². The van der Waals surface area contributed by atoms with Crippen LogP contribution in [0, 0.1) is 0 Å². The molecule has 0 fully saturated rings. The number of phenolic OH excluding ortho intramolecular Hbond substituents is 2. The Morgan fingerprint density at radius 3 is 2.11 bits per heavy atom. The highest BCUT2D eigenvalue weighted by Crippen LogP contribution is 2.44. The number of hydrogen-bond donors (Lipinski definition) is 2. The summed E-state index contributed by atoms with van der Waals surface area (Å²) in [6, 6.07) is 8.59. The van der Waals surface area contributed by atoms with Crippen molar-refractivity contribution < 1.29 is 29.3 Å². The summed E-state index contributed by atoms with van der Waals surface area (Å²) in [5, 5.41) is 19.6. The normalized spacial score (nSPS) is 17.4. The van der Waals surface area contributed by atoms with Crippen molar-refractivity contribution in [2.75, 3.05) is 7.11 Å². The number of ether oxygens (including phenoxy) is 1. The number of aromatic hydroxyl groups is 2. The van der Waals surface area contributed by atoms with Gasteiger partial charge in [-0.2, -0.15) is 0 Å². The number of rotatable bonds is 4. The van der Waals surface area contributed by atoms with Crippen molar-refractivity contribution in [3.05, 3.63) is 58.7 Å². The minimum atomic E-state index is -0.980. The van der Waals surface area contributed by atoms with Gasteiger partial charge in [-0.3, -0.25) is 14.4 Å². The van der Waals surface area contributed by atoms with E-state index in [1.54, 1.807) is 18.2 Å². The minimum Gasteiger partial charge on any atom is -0.508 e. The molecule has 6 nitrogen and oxygen atoms in total. The molecule has 0 spiro atoms. The molecule has 3 rings (SSSR count). The highest BCUT2D eigenvalue weighted by Gasteiger charge is 2.40. The number of carbonyl (C=O) groups excluding carboxylic acids is 3.